The lowest BCUT2D eigenvalue weighted by molar-refractivity contribution is 0.601. The van der Waals surface area contributed by atoms with Crippen LogP contribution in [0.25, 0.3) is 0 Å². The van der Waals surface area contributed by atoms with Gasteiger partial charge < -0.3 is 5.32 Å². The fourth-order valence-electron chi connectivity index (χ4n) is 2.02. The van der Waals surface area contributed by atoms with Gasteiger partial charge >= 0.3 is 0 Å². The molecule has 0 spiro atoms. The summed E-state index contributed by atoms with van der Waals surface area (Å²) >= 11 is 3.96. The van der Waals surface area contributed by atoms with Gasteiger partial charge in [-0.15, -0.1) is 6.58 Å². The van der Waals surface area contributed by atoms with E-state index < -0.39 is 0 Å². The van der Waals surface area contributed by atoms with Gasteiger partial charge in [0, 0.05) is 35.6 Å². The molecule has 17 heavy (non-hydrogen) atoms. The zero-order chi connectivity index (χ0) is 11.9. The Bertz CT molecular complexity index is 365. The molecule has 1 atom stereocenters. The normalized spacial score (nSPS) is 18.7. The first kappa shape index (κ1) is 13.1. The third-order valence-corrected chi connectivity index (χ3v) is 4.89. The van der Waals surface area contributed by atoms with Crippen molar-refractivity contribution < 1.29 is 0 Å². The lowest BCUT2D eigenvalue weighted by Crippen LogP contribution is -2.28. The summed E-state index contributed by atoms with van der Waals surface area (Å²) in [6.07, 6.45) is 1.97. The minimum absolute atomic E-state index is 0.536. The van der Waals surface area contributed by atoms with Crippen LogP contribution in [0, 0.1) is 0 Å². The van der Waals surface area contributed by atoms with Gasteiger partial charge in [0.15, 0.2) is 0 Å². The maximum absolute atomic E-state index is 3.73. The third-order valence-electron chi connectivity index (χ3n) is 2.85. The molecule has 2 rings (SSSR count). The Labute approximate surface area is 112 Å². The Morgan fingerprint density at radius 1 is 1.47 bits per heavy atom. The molecule has 1 aromatic carbocycles. The molecule has 0 aromatic heterocycles. The van der Waals surface area contributed by atoms with E-state index in [2.05, 4.69) is 36.2 Å². The van der Waals surface area contributed by atoms with Gasteiger partial charge in [-0.2, -0.15) is 23.5 Å². The summed E-state index contributed by atoms with van der Waals surface area (Å²) in [4.78, 5) is 0. The fraction of sp³-hybridized carbons (Fsp3) is 0.429. The van der Waals surface area contributed by atoms with Crippen LogP contribution in [-0.2, 0) is 5.75 Å². The van der Waals surface area contributed by atoms with Gasteiger partial charge in [0.2, 0.25) is 0 Å². The molecular weight excluding hydrogens is 246 g/mol. The number of hydrogen-bond acceptors (Lipinski definition) is 3. The van der Waals surface area contributed by atoms with Crippen LogP contribution in [0.3, 0.4) is 0 Å². The number of rotatable bonds is 6. The highest BCUT2D eigenvalue weighted by Crippen LogP contribution is 2.31. The van der Waals surface area contributed by atoms with Crippen LogP contribution in [0.15, 0.2) is 36.9 Å². The summed E-state index contributed by atoms with van der Waals surface area (Å²) in [7, 11) is 0. The predicted molar refractivity (Wildman–Crippen MR) is 80.9 cm³/mol. The number of fused-ring (bicyclic) bond motifs is 1. The summed E-state index contributed by atoms with van der Waals surface area (Å²) in [5.74, 6) is 4.58. The highest BCUT2D eigenvalue weighted by molar-refractivity contribution is 7.99. The molecule has 0 amide bonds. The van der Waals surface area contributed by atoms with Crippen molar-refractivity contribution in [2.24, 2.45) is 0 Å². The van der Waals surface area contributed by atoms with E-state index in [1.165, 1.54) is 22.6 Å². The van der Waals surface area contributed by atoms with Gasteiger partial charge in [-0.05, 0) is 11.1 Å². The van der Waals surface area contributed by atoms with Gasteiger partial charge in [0.25, 0.3) is 0 Å². The highest BCUT2D eigenvalue weighted by atomic mass is 32.2. The van der Waals surface area contributed by atoms with Crippen LogP contribution in [-0.4, -0.2) is 23.8 Å². The second kappa shape index (κ2) is 7.14. The first-order valence-electron chi connectivity index (χ1n) is 5.99. The summed E-state index contributed by atoms with van der Waals surface area (Å²) < 4.78 is 0. The Balaban J connectivity index is 1.84. The van der Waals surface area contributed by atoms with Gasteiger partial charge in [0.1, 0.15) is 0 Å². The molecule has 1 N–H and O–H groups in total. The topological polar surface area (TPSA) is 12.0 Å². The molecule has 0 saturated heterocycles. The molecule has 1 aliphatic heterocycles. The average molecular weight is 265 g/mol. The third kappa shape index (κ3) is 3.80. The van der Waals surface area contributed by atoms with Crippen molar-refractivity contribution in [3.8, 4) is 0 Å². The number of benzene rings is 1. The SMILES string of the molecule is C=CCSCCNC1CSCc2ccccc21. The van der Waals surface area contributed by atoms with Gasteiger partial charge in [0.05, 0.1) is 0 Å². The molecule has 0 fully saturated rings. The average Bonchev–Trinajstić information content (AvgIpc) is 2.39. The molecule has 92 valence electrons. The molecular formula is C14H19NS2. The van der Waals surface area contributed by atoms with Crippen molar-refractivity contribution >= 4 is 23.5 Å². The molecule has 1 heterocycles. The number of hydrogen-bond donors (Lipinski definition) is 1. The largest absolute Gasteiger partial charge is 0.308 e. The minimum atomic E-state index is 0.536. The predicted octanol–water partition coefficient (Wildman–Crippen LogP) is 3.48. The van der Waals surface area contributed by atoms with E-state index in [1.807, 2.05) is 29.6 Å². The zero-order valence-corrected chi connectivity index (χ0v) is 11.7. The van der Waals surface area contributed by atoms with E-state index in [0.29, 0.717) is 6.04 Å². The van der Waals surface area contributed by atoms with Crippen molar-refractivity contribution in [2.45, 2.75) is 11.8 Å². The van der Waals surface area contributed by atoms with E-state index in [-0.39, 0.29) is 0 Å². The smallest absolute Gasteiger partial charge is 0.0415 e. The second-order valence-corrected chi connectivity index (χ2v) is 6.26. The van der Waals surface area contributed by atoms with Crippen molar-refractivity contribution in [3.05, 3.63) is 48.0 Å². The molecule has 0 aliphatic carbocycles. The Kier molecular flexibility index (Phi) is 5.49. The first-order valence-corrected chi connectivity index (χ1v) is 8.30. The van der Waals surface area contributed by atoms with Crippen molar-refractivity contribution in [3.63, 3.8) is 0 Å². The van der Waals surface area contributed by atoms with Crippen molar-refractivity contribution in [2.75, 3.05) is 23.8 Å². The lowest BCUT2D eigenvalue weighted by atomic mass is 10.0. The van der Waals surface area contributed by atoms with Gasteiger partial charge in [-0.3, -0.25) is 0 Å². The Morgan fingerprint density at radius 2 is 2.35 bits per heavy atom. The van der Waals surface area contributed by atoms with Crippen LogP contribution in [0.5, 0.6) is 0 Å². The summed E-state index contributed by atoms with van der Waals surface area (Å²) in [5.41, 5.74) is 3.00. The van der Waals surface area contributed by atoms with Crippen molar-refractivity contribution in [1.29, 1.82) is 0 Å². The van der Waals surface area contributed by atoms with E-state index in [1.54, 1.807) is 0 Å². The van der Waals surface area contributed by atoms with Gasteiger partial charge in [-0.25, -0.2) is 0 Å². The second-order valence-electron chi connectivity index (χ2n) is 4.08. The van der Waals surface area contributed by atoms with Crippen LogP contribution in [0.1, 0.15) is 17.2 Å². The van der Waals surface area contributed by atoms with E-state index in [9.17, 15) is 0 Å². The molecule has 1 aromatic rings. The van der Waals surface area contributed by atoms with E-state index >= 15 is 0 Å². The minimum Gasteiger partial charge on any atom is -0.308 e. The van der Waals surface area contributed by atoms with Crippen LogP contribution in [0.4, 0.5) is 0 Å². The molecule has 1 unspecified atom stereocenters. The number of nitrogens with one attached hydrogen (secondary N) is 1. The lowest BCUT2D eigenvalue weighted by Gasteiger charge is -2.26. The molecule has 0 bridgehead atoms. The monoisotopic (exact) mass is 265 g/mol. The zero-order valence-electron chi connectivity index (χ0n) is 10.0. The fourth-order valence-corrected chi connectivity index (χ4v) is 3.75. The highest BCUT2D eigenvalue weighted by Gasteiger charge is 2.18. The maximum Gasteiger partial charge on any atom is 0.0415 e. The van der Waals surface area contributed by atoms with Gasteiger partial charge in [-0.1, -0.05) is 30.3 Å². The summed E-state index contributed by atoms with van der Waals surface area (Å²) in [6.45, 7) is 4.81. The molecule has 1 aliphatic rings. The summed E-state index contributed by atoms with van der Waals surface area (Å²) in [6, 6.07) is 9.35. The standard InChI is InChI=1S/C14H19NS2/c1-2-8-16-9-7-15-14-11-17-10-12-5-3-4-6-13(12)14/h2-6,14-15H,1,7-11H2. The van der Waals surface area contributed by atoms with E-state index in [0.717, 1.165) is 18.1 Å². The Morgan fingerprint density at radius 3 is 3.24 bits per heavy atom. The maximum atomic E-state index is 3.73. The Hall–Kier alpha value is -0.380. The summed E-state index contributed by atoms with van der Waals surface area (Å²) in [5, 5.41) is 3.66. The van der Waals surface area contributed by atoms with Crippen LogP contribution >= 0.6 is 23.5 Å². The van der Waals surface area contributed by atoms with Crippen LogP contribution in [0.2, 0.25) is 0 Å². The quantitative estimate of drug-likeness (QED) is 0.625. The molecule has 3 heteroatoms. The van der Waals surface area contributed by atoms with E-state index in [4.69, 9.17) is 0 Å². The molecule has 0 radical (unpaired) electrons. The molecule has 0 saturated carbocycles. The molecule has 1 nitrogen and oxygen atoms in total. The van der Waals surface area contributed by atoms with Crippen LogP contribution < -0.4 is 5.32 Å². The van der Waals surface area contributed by atoms with Crippen molar-refractivity contribution in [1.82, 2.24) is 5.32 Å². The first-order chi connectivity index (χ1) is 8.42. The number of thioether (sulfide) groups is 2.